The lowest BCUT2D eigenvalue weighted by Gasteiger charge is -2.13. The molecule has 0 saturated carbocycles. The highest BCUT2D eigenvalue weighted by atomic mass is 16.5. The number of aliphatic imine (C=N–C) groups is 1. The number of nitrogens with zero attached hydrogens (tertiary/aromatic N) is 1. The van der Waals surface area contributed by atoms with E-state index in [1.807, 2.05) is 12.1 Å². The maximum atomic E-state index is 5.81. The monoisotopic (exact) mass is 295 g/mol. The van der Waals surface area contributed by atoms with E-state index in [4.69, 9.17) is 19.9 Å². The lowest BCUT2D eigenvalue weighted by molar-refractivity contribution is 0.324. The van der Waals surface area contributed by atoms with Crippen molar-refractivity contribution in [3.05, 3.63) is 17.7 Å². The van der Waals surface area contributed by atoms with Crippen LogP contribution >= 0.6 is 0 Å². The lowest BCUT2D eigenvalue weighted by atomic mass is 10.2. The van der Waals surface area contributed by atoms with E-state index < -0.39 is 0 Å². The number of nitrogens with two attached hydrogens (primary N) is 1. The van der Waals surface area contributed by atoms with Crippen LogP contribution in [-0.2, 0) is 6.54 Å². The van der Waals surface area contributed by atoms with E-state index in [0.717, 1.165) is 24.9 Å². The minimum atomic E-state index is 0.442. The number of hydrogen-bond donors (Lipinski definition) is 2. The average molecular weight is 295 g/mol. The molecule has 0 heterocycles. The van der Waals surface area contributed by atoms with Crippen LogP contribution in [0.15, 0.2) is 17.1 Å². The van der Waals surface area contributed by atoms with Gasteiger partial charge in [-0.2, -0.15) is 0 Å². The van der Waals surface area contributed by atoms with Crippen molar-refractivity contribution in [2.45, 2.75) is 26.3 Å². The third kappa shape index (κ3) is 5.06. The first kappa shape index (κ1) is 16.9. The molecule has 0 aliphatic rings. The predicted octanol–water partition coefficient (Wildman–Crippen LogP) is 1.92. The zero-order chi connectivity index (χ0) is 15.7. The van der Waals surface area contributed by atoms with Crippen LogP contribution in [0.2, 0.25) is 0 Å². The first-order valence-electron chi connectivity index (χ1n) is 6.98. The summed E-state index contributed by atoms with van der Waals surface area (Å²) in [5.74, 6) is 2.23. The van der Waals surface area contributed by atoms with Crippen LogP contribution in [0.25, 0.3) is 0 Å². The van der Waals surface area contributed by atoms with Crippen molar-refractivity contribution < 1.29 is 14.2 Å². The second-order valence-electron chi connectivity index (χ2n) is 4.52. The van der Waals surface area contributed by atoms with Crippen molar-refractivity contribution in [2.75, 3.05) is 27.9 Å². The maximum absolute atomic E-state index is 5.81. The van der Waals surface area contributed by atoms with Gasteiger partial charge < -0.3 is 25.3 Å². The Hall–Kier alpha value is -2.11. The van der Waals surface area contributed by atoms with Crippen LogP contribution in [0.3, 0.4) is 0 Å². The Balaban J connectivity index is 2.81. The molecule has 0 fully saturated rings. The number of ether oxygens (including phenoxy) is 3. The van der Waals surface area contributed by atoms with Gasteiger partial charge in [0.1, 0.15) is 0 Å². The summed E-state index contributed by atoms with van der Waals surface area (Å²) in [6.45, 7) is 3.41. The molecule has 1 rings (SSSR count). The fourth-order valence-corrected chi connectivity index (χ4v) is 1.85. The van der Waals surface area contributed by atoms with E-state index >= 15 is 0 Å². The lowest BCUT2D eigenvalue weighted by Crippen LogP contribution is -2.32. The van der Waals surface area contributed by atoms with Crippen LogP contribution in [-0.4, -0.2) is 33.8 Å². The molecule has 0 aromatic heterocycles. The molecule has 0 spiro atoms. The summed E-state index contributed by atoms with van der Waals surface area (Å²) in [5.41, 5.74) is 6.75. The SMILES string of the molecule is CCCCNC(N)=NCc1cc(OC)c(OC)c(OC)c1. The molecule has 0 aliphatic heterocycles. The van der Waals surface area contributed by atoms with Gasteiger partial charge in [0, 0.05) is 6.54 Å². The summed E-state index contributed by atoms with van der Waals surface area (Å²) in [7, 11) is 4.75. The summed E-state index contributed by atoms with van der Waals surface area (Å²) in [4.78, 5) is 4.30. The number of hydrogen-bond acceptors (Lipinski definition) is 4. The van der Waals surface area contributed by atoms with Gasteiger partial charge in [-0.3, -0.25) is 0 Å². The molecule has 118 valence electrons. The smallest absolute Gasteiger partial charge is 0.203 e. The third-order valence-electron chi connectivity index (χ3n) is 2.99. The summed E-state index contributed by atoms with van der Waals surface area (Å²) in [6.07, 6.45) is 2.19. The van der Waals surface area contributed by atoms with Crippen LogP contribution in [0.1, 0.15) is 25.3 Å². The van der Waals surface area contributed by atoms with Gasteiger partial charge in [-0.05, 0) is 24.1 Å². The minimum absolute atomic E-state index is 0.442. The van der Waals surface area contributed by atoms with Crippen molar-refractivity contribution in [1.29, 1.82) is 0 Å². The Morgan fingerprint density at radius 2 is 1.76 bits per heavy atom. The molecule has 6 nitrogen and oxygen atoms in total. The molecule has 0 unspecified atom stereocenters. The number of unbranched alkanes of at least 4 members (excludes halogenated alkanes) is 1. The van der Waals surface area contributed by atoms with Gasteiger partial charge in [0.25, 0.3) is 0 Å². The Morgan fingerprint density at radius 3 is 2.24 bits per heavy atom. The van der Waals surface area contributed by atoms with Crippen molar-refractivity contribution in [3.8, 4) is 17.2 Å². The summed E-state index contributed by atoms with van der Waals surface area (Å²) >= 11 is 0. The fraction of sp³-hybridized carbons (Fsp3) is 0.533. The van der Waals surface area contributed by atoms with E-state index in [1.54, 1.807) is 21.3 Å². The Labute approximate surface area is 126 Å². The first-order chi connectivity index (χ1) is 10.2. The molecule has 6 heteroatoms. The van der Waals surface area contributed by atoms with E-state index in [-0.39, 0.29) is 0 Å². The first-order valence-corrected chi connectivity index (χ1v) is 6.98. The molecule has 3 N–H and O–H groups in total. The van der Waals surface area contributed by atoms with Crippen LogP contribution in [0.4, 0.5) is 0 Å². The Bertz CT molecular complexity index is 450. The van der Waals surface area contributed by atoms with Gasteiger partial charge in [-0.1, -0.05) is 13.3 Å². The van der Waals surface area contributed by atoms with Crippen LogP contribution < -0.4 is 25.3 Å². The second-order valence-corrected chi connectivity index (χ2v) is 4.52. The van der Waals surface area contributed by atoms with Crippen LogP contribution in [0, 0.1) is 0 Å². The number of benzene rings is 1. The predicted molar refractivity (Wildman–Crippen MR) is 84.3 cm³/mol. The summed E-state index contributed by atoms with van der Waals surface area (Å²) in [5, 5.41) is 3.07. The molecular formula is C15H25N3O3. The standard InChI is InChI=1S/C15H25N3O3/c1-5-6-7-17-15(16)18-10-11-8-12(19-2)14(21-4)13(9-11)20-3/h8-9H,5-7,10H2,1-4H3,(H3,16,17,18). The van der Waals surface area contributed by atoms with Gasteiger partial charge in [-0.25, -0.2) is 4.99 Å². The Morgan fingerprint density at radius 1 is 1.14 bits per heavy atom. The highest BCUT2D eigenvalue weighted by Crippen LogP contribution is 2.38. The van der Waals surface area contributed by atoms with Gasteiger partial charge >= 0.3 is 0 Å². The average Bonchev–Trinajstić information content (AvgIpc) is 2.51. The summed E-state index contributed by atoms with van der Waals surface area (Å²) < 4.78 is 15.9. The van der Waals surface area contributed by atoms with Crippen molar-refractivity contribution in [2.24, 2.45) is 10.7 Å². The zero-order valence-electron chi connectivity index (χ0n) is 13.2. The number of nitrogens with one attached hydrogen (secondary N) is 1. The molecule has 0 radical (unpaired) electrons. The molecule has 1 aromatic carbocycles. The van der Waals surface area contributed by atoms with Gasteiger partial charge in [0.2, 0.25) is 5.75 Å². The molecular weight excluding hydrogens is 270 g/mol. The maximum Gasteiger partial charge on any atom is 0.203 e. The summed E-state index contributed by atoms with van der Waals surface area (Å²) in [6, 6.07) is 3.73. The number of methoxy groups -OCH3 is 3. The van der Waals surface area contributed by atoms with Crippen molar-refractivity contribution in [3.63, 3.8) is 0 Å². The topological polar surface area (TPSA) is 78.1 Å². The molecule has 21 heavy (non-hydrogen) atoms. The quantitative estimate of drug-likeness (QED) is 0.435. The Kier molecular flexibility index (Phi) is 7.21. The van der Waals surface area contributed by atoms with E-state index in [9.17, 15) is 0 Å². The van der Waals surface area contributed by atoms with Gasteiger partial charge in [0.15, 0.2) is 17.5 Å². The second kappa shape index (κ2) is 8.94. The van der Waals surface area contributed by atoms with Gasteiger partial charge in [-0.15, -0.1) is 0 Å². The number of guanidine groups is 1. The minimum Gasteiger partial charge on any atom is -0.493 e. The third-order valence-corrected chi connectivity index (χ3v) is 2.99. The van der Waals surface area contributed by atoms with E-state index in [1.165, 1.54) is 0 Å². The largest absolute Gasteiger partial charge is 0.493 e. The zero-order valence-corrected chi connectivity index (χ0v) is 13.2. The highest BCUT2D eigenvalue weighted by molar-refractivity contribution is 5.77. The van der Waals surface area contributed by atoms with Gasteiger partial charge in [0.05, 0.1) is 27.9 Å². The molecule has 0 saturated heterocycles. The van der Waals surface area contributed by atoms with Crippen molar-refractivity contribution in [1.82, 2.24) is 5.32 Å². The number of rotatable bonds is 8. The highest BCUT2D eigenvalue weighted by Gasteiger charge is 2.12. The van der Waals surface area contributed by atoms with Crippen LogP contribution in [0.5, 0.6) is 17.2 Å². The molecule has 1 aromatic rings. The molecule has 0 atom stereocenters. The normalized spacial score (nSPS) is 11.1. The van der Waals surface area contributed by atoms with E-state index in [2.05, 4.69) is 17.2 Å². The molecule has 0 bridgehead atoms. The molecule has 0 amide bonds. The fourth-order valence-electron chi connectivity index (χ4n) is 1.85. The van der Waals surface area contributed by atoms with E-state index in [0.29, 0.717) is 29.8 Å². The van der Waals surface area contributed by atoms with Crippen molar-refractivity contribution >= 4 is 5.96 Å². The molecule has 0 aliphatic carbocycles.